The Kier molecular flexibility index (Phi) is 14.3. The number of hydrogen-bond donors (Lipinski definition) is 0. The summed E-state index contributed by atoms with van der Waals surface area (Å²) in [5.74, 6) is 0. The van der Waals surface area contributed by atoms with Gasteiger partial charge in [0.15, 0.2) is 0 Å². The summed E-state index contributed by atoms with van der Waals surface area (Å²) in [5.41, 5.74) is 44.7. The maximum absolute atomic E-state index is 2.54. The molecule has 0 bridgehead atoms. The normalized spacial score (nSPS) is 12.9. The minimum absolute atomic E-state index is 0.116. The fraction of sp³-hybridized carbons (Fsp3) is 0.0980. The van der Waals surface area contributed by atoms with Gasteiger partial charge >= 0.3 is 0 Å². The van der Waals surface area contributed by atoms with E-state index in [2.05, 4.69) is 397 Å². The first-order valence-corrected chi connectivity index (χ1v) is 38.5. The van der Waals surface area contributed by atoms with Crippen molar-refractivity contribution < 1.29 is 0 Å². The minimum Gasteiger partial charge on any atom is -0.315 e. The second-order valence-electron chi connectivity index (χ2n) is 32.7. The molecule has 108 heavy (non-hydrogen) atoms. The van der Waals surface area contributed by atoms with E-state index in [-0.39, 0.29) is 24.3 Å². The van der Waals surface area contributed by atoms with E-state index in [1.165, 1.54) is 210 Å². The summed E-state index contributed by atoms with van der Waals surface area (Å²) in [6.45, 7) is 19.0. The molecule has 5 aliphatic rings. The molecular weight excluding hydrogens is 1300 g/mol. The van der Waals surface area contributed by atoms with Crippen LogP contribution in [0.25, 0.3) is 138 Å². The number of benzene rings is 15. The van der Waals surface area contributed by atoms with Crippen molar-refractivity contribution in [3.05, 3.63) is 350 Å². The Balaban J connectivity index is 0.000000106. The molecule has 0 saturated carbocycles. The molecule has 0 radical (unpaired) electrons. The number of aryl methyl sites for hydroxylation is 1. The third-order valence-electron chi connectivity index (χ3n) is 24.7. The lowest BCUT2D eigenvalue weighted by atomic mass is 9.35. The lowest BCUT2D eigenvalue weighted by Gasteiger charge is -2.30. The van der Waals surface area contributed by atoms with Gasteiger partial charge in [-0.25, -0.2) is 0 Å². The molecule has 15 aromatic carbocycles. The van der Waals surface area contributed by atoms with Crippen LogP contribution in [-0.4, -0.2) is 33.8 Å². The molecule has 0 atom stereocenters. The number of fused-ring (bicyclic) bond motifs is 20. The average Bonchev–Trinajstić information content (AvgIpc) is 1.52. The van der Waals surface area contributed by atoms with Crippen molar-refractivity contribution in [2.45, 2.75) is 66.2 Å². The summed E-state index contributed by atoms with van der Waals surface area (Å²) in [7, 11) is 0. The van der Waals surface area contributed by atoms with E-state index in [1.54, 1.807) is 0 Å². The van der Waals surface area contributed by atoms with Crippen LogP contribution in [0.2, 0.25) is 0 Å². The van der Waals surface area contributed by atoms with Crippen LogP contribution in [0.5, 0.6) is 0 Å². The molecule has 5 aliphatic heterocycles. The van der Waals surface area contributed by atoms with E-state index in [0.717, 1.165) is 0 Å². The minimum atomic E-state index is 0.116. The number of rotatable bonds is 5. The highest BCUT2D eigenvalue weighted by molar-refractivity contribution is 7.02. The number of hydrogen-bond acceptors (Lipinski definition) is 0. The molecular formula is C102H78B3N3. The molecule has 23 rings (SSSR count). The smallest absolute Gasteiger partial charge is 0.248 e. The average molecular weight is 1380 g/mol. The second kappa shape index (κ2) is 24.1. The number of para-hydroxylation sites is 3. The molecule has 0 spiro atoms. The molecule has 18 aromatic rings. The molecule has 0 amide bonds. The Morgan fingerprint density at radius 1 is 0.241 bits per heavy atom. The van der Waals surface area contributed by atoms with Crippen LogP contribution in [-0.2, 0) is 10.8 Å². The first-order valence-electron chi connectivity index (χ1n) is 38.5. The van der Waals surface area contributed by atoms with Gasteiger partial charge in [0, 0.05) is 66.2 Å². The van der Waals surface area contributed by atoms with E-state index in [0.29, 0.717) is 6.71 Å². The van der Waals surface area contributed by atoms with E-state index < -0.39 is 0 Å². The fourth-order valence-corrected chi connectivity index (χ4v) is 19.3. The van der Waals surface area contributed by atoms with Crippen molar-refractivity contribution in [1.82, 2.24) is 13.7 Å². The van der Waals surface area contributed by atoms with Crippen molar-refractivity contribution in [2.24, 2.45) is 0 Å². The highest BCUT2D eigenvalue weighted by atomic mass is 15.0. The van der Waals surface area contributed by atoms with E-state index in [1.807, 2.05) is 0 Å². The third-order valence-corrected chi connectivity index (χ3v) is 24.7. The van der Waals surface area contributed by atoms with Crippen LogP contribution in [0.1, 0.15) is 63.9 Å². The molecule has 6 heteroatoms. The van der Waals surface area contributed by atoms with Gasteiger partial charge in [-0.1, -0.05) is 337 Å². The molecule has 0 unspecified atom stereocenters. The largest absolute Gasteiger partial charge is 0.315 e. The highest BCUT2D eigenvalue weighted by Crippen LogP contribution is 2.44. The second-order valence-corrected chi connectivity index (χ2v) is 32.7. The van der Waals surface area contributed by atoms with Gasteiger partial charge in [0.1, 0.15) is 0 Å². The number of nitrogens with zero attached hydrogens (tertiary/aromatic N) is 3. The SMILES string of the molecule is Cc1c(C)n2c3c(cccc13)B(c1ccc(C(C)(C)C)cc1)c1ccc(C(C)(C)C)cc1-2.c1ccc(-c2ccc3c(c2)-c2ccc4c5ccccc5n5c4c2B3c2ccccc2-5)cc1.c1ccc(-c2ccc3c(c2)B2c4ccc(-c5ccccc5)cc4-c4ccc5c6cc(-c7ccccc7)ccc6n-3c5c42)cc1. The molecule has 510 valence electrons. The Hall–Kier alpha value is -12.4. The van der Waals surface area contributed by atoms with Gasteiger partial charge < -0.3 is 13.7 Å². The zero-order valence-corrected chi connectivity index (χ0v) is 62.3. The van der Waals surface area contributed by atoms with Gasteiger partial charge in [0.25, 0.3) is 0 Å². The molecule has 3 nitrogen and oxygen atoms in total. The molecule has 0 fully saturated rings. The van der Waals surface area contributed by atoms with Crippen LogP contribution < -0.4 is 49.2 Å². The van der Waals surface area contributed by atoms with Crippen molar-refractivity contribution in [3.8, 4) is 83.8 Å². The monoisotopic (exact) mass is 1380 g/mol. The van der Waals surface area contributed by atoms with Crippen molar-refractivity contribution >= 4 is 124 Å². The van der Waals surface area contributed by atoms with E-state index >= 15 is 0 Å². The van der Waals surface area contributed by atoms with Gasteiger partial charge in [-0.2, -0.15) is 0 Å². The Morgan fingerprint density at radius 3 is 1.28 bits per heavy atom. The van der Waals surface area contributed by atoms with Gasteiger partial charge in [-0.3, -0.25) is 0 Å². The fourth-order valence-electron chi connectivity index (χ4n) is 19.3. The summed E-state index contributed by atoms with van der Waals surface area (Å²) < 4.78 is 7.56. The van der Waals surface area contributed by atoms with Gasteiger partial charge in [-0.15, -0.1) is 0 Å². The topological polar surface area (TPSA) is 14.8 Å². The first kappa shape index (κ1) is 64.1. The number of aromatic nitrogens is 3. The molecule has 0 saturated heterocycles. The van der Waals surface area contributed by atoms with Gasteiger partial charge in [-0.05, 0) is 189 Å². The summed E-state index contributed by atoms with van der Waals surface area (Å²) in [5, 5.41) is 6.71. The molecule has 0 N–H and O–H groups in total. The van der Waals surface area contributed by atoms with E-state index in [4.69, 9.17) is 0 Å². The van der Waals surface area contributed by atoms with Crippen LogP contribution in [0.3, 0.4) is 0 Å². The van der Waals surface area contributed by atoms with Crippen molar-refractivity contribution in [2.75, 3.05) is 0 Å². The zero-order chi connectivity index (χ0) is 72.6. The van der Waals surface area contributed by atoms with E-state index in [9.17, 15) is 0 Å². The summed E-state index contributed by atoms with van der Waals surface area (Å²) >= 11 is 0. The van der Waals surface area contributed by atoms with Gasteiger partial charge in [0.2, 0.25) is 20.1 Å². The highest BCUT2D eigenvalue weighted by Gasteiger charge is 2.44. The van der Waals surface area contributed by atoms with Crippen LogP contribution >= 0.6 is 0 Å². The van der Waals surface area contributed by atoms with Crippen LogP contribution in [0.15, 0.2) is 328 Å². The molecule has 8 heterocycles. The summed E-state index contributed by atoms with van der Waals surface area (Å²) in [6.07, 6.45) is 0. The van der Waals surface area contributed by atoms with Gasteiger partial charge in [0.05, 0.1) is 11.0 Å². The maximum atomic E-state index is 2.54. The lowest BCUT2D eigenvalue weighted by molar-refractivity contribution is 0.590. The predicted octanol–water partition coefficient (Wildman–Crippen LogP) is 19.5. The Bertz CT molecular complexity index is 6760. The third kappa shape index (κ3) is 9.64. The van der Waals surface area contributed by atoms with Crippen molar-refractivity contribution in [1.29, 1.82) is 0 Å². The quantitative estimate of drug-likeness (QED) is 0.153. The maximum Gasteiger partial charge on any atom is 0.248 e. The van der Waals surface area contributed by atoms with Crippen LogP contribution in [0.4, 0.5) is 0 Å². The zero-order valence-electron chi connectivity index (χ0n) is 62.3. The summed E-state index contributed by atoms with van der Waals surface area (Å²) in [4.78, 5) is 0. The predicted molar refractivity (Wildman–Crippen MR) is 465 cm³/mol. The lowest BCUT2D eigenvalue weighted by Crippen LogP contribution is -2.56. The van der Waals surface area contributed by atoms with Crippen LogP contribution in [0, 0.1) is 13.8 Å². The molecule has 3 aromatic heterocycles. The Morgan fingerprint density at radius 2 is 0.685 bits per heavy atom. The standard InChI is InChI=1S/C42H26BN.C30H18BN.C30H34BN/c1-4-10-27(11-5-1)30-16-21-37-35(24-30)33-19-20-34-36-25-31(28-12-6-2-7-13-28)17-22-39(36)44-40-23-18-32(29-14-8-3-9-15-29)26-38(40)43(37)41(33)42(34)44;1-2-8-19(9-3-1)20-14-17-25-24(18-20)22-15-16-23-21-10-4-6-12-27(21)32-28-13-7-5-11-26(28)31(25)29(22)30(23)32;1-19-20(2)32-27-18-22(30(6,7)8)14-17-25(27)31(26-11-9-10-24(19)28(26)32)23-15-12-21(13-16-23)29(3,4)5/h1-26H;1-18H;9-18H,1-8H3. The Labute approximate surface area is 633 Å². The summed E-state index contributed by atoms with van der Waals surface area (Å²) in [6, 6.07) is 122. The first-order chi connectivity index (χ1) is 52.7. The van der Waals surface area contributed by atoms with Crippen molar-refractivity contribution in [3.63, 3.8) is 0 Å². The molecule has 0 aliphatic carbocycles.